The van der Waals surface area contributed by atoms with Crippen molar-refractivity contribution in [1.82, 2.24) is 10.3 Å². The molecule has 1 amide bonds. The largest absolute Gasteiger partial charge is 0.346 e. The Balaban J connectivity index is 2.22. The standard InChI is InChI=1S/C15H17BrN2O/c1-15(2,9-10-16)18-14(19)13-8-7-11-5-3-4-6-12(11)17-13/h3-8H,9-10H2,1-2H3,(H,18,19). The van der Waals surface area contributed by atoms with E-state index in [0.29, 0.717) is 5.69 Å². The number of benzene rings is 1. The van der Waals surface area contributed by atoms with Crippen LogP contribution in [0, 0.1) is 0 Å². The molecule has 0 aliphatic rings. The third-order valence-corrected chi connectivity index (χ3v) is 3.40. The van der Waals surface area contributed by atoms with Crippen molar-refractivity contribution < 1.29 is 4.79 Å². The number of aromatic nitrogens is 1. The Bertz CT molecular complexity index is 595. The lowest BCUT2D eigenvalue weighted by molar-refractivity contribution is 0.0907. The van der Waals surface area contributed by atoms with Gasteiger partial charge in [-0.05, 0) is 32.4 Å². The van der Waals surface area contributed by atoms with E-state index in [1.807, 2.05) is 44.2 Å². The van der Waals surface area contributed by atoms with E-state index in [1.165, 1.54) is 0 Å². The highest BCUT2D eigenvalue weighted by atomic mass is 79.9. The molecule has 2 rings (SSSR count). The third kappa shape index (κ3) is 3.53. The van der Waals surface area contributed by atoms with E-state index in [0.717, 1.165) is 22.7 Å². The quantitative estimate of drug-likeness (QED) is 0.876. The van der Waals surface area contributed by atoms with Crippen molar-refractivity contribution in [3.8, 4) is 0 Å². The molecule has 2 aromatic rings. The minimum atomic E-state index is -0.242. The molecule has 1 aromatic heterocycles. The summed E-state index contributed by atoms with van der Waals surface area (Å²) in [4.78, 5) is 16.6. The summed E-state index contributed by atoms with van der Waals surface area (Å²) >= 11 is 3.40. The van der Waals surface area contributed by atoms with Gasteiger partial charge >= 0.3 is 0 Å². The summed E-state index contributed by atoms with van der Waals surface area (Å²) in [6.45, 7) is 4.01. The van der Waals surface area contributed by atoms with Crippen molar-refractivity contribution in [1.29, 1.82) is 0 Å². The molecule has 0 saturated carbocycles. The van der Waals surface area contributed by atoms with Gasteiger partial charge in [-0.15, -0.1) is 0 Å². The van der Waals surface area contributed by atoms with Crippen molar-refractivity contribution in [2.24, 2.45) is 0 Å². The van der Waals surface area contributed by atoms with Crippen LogP contribution in [0.25, 0.3) is 10.9 Å². The fraction of sp³-hybridized carbons (Fsp3) is 0.333. The van der Waals surface area contributed by atoms with Crippen LogP contribution in [-0.4, -0.2) is 21.8 Å². The number of pyridine rings is 1. The van der Waals surface area contributed by atoms with Crippen LogP contribution in [0.5, 0.6) is 0 Å². The summed E-state index contributed by atoms with van der Waals surface area (Å²) < 4.78 is 0. The summed E-state index contributed by atoms with van der Waals surface area (Å²) in [7, 11) is 0. The number of hydrogen-bond acceptors (Lipinski definition) is 2. The van der Waals surface area contributed by atoms with Gasteiger partial charge in [0.15, 0.2) is 0 Å². The number of carbonyl (C=O) groups excluding carboxylic acids is 1. The highest BCUT2D eigenvalue weighted by molar-refractivity contribution is 9.09. The highest BCUT2D eigenvalue weighted by Gasteiger charge is 2.21. The van der Waals surface area contributed by atoms with E-state index in [9.17, 15) is 4.79 Å². The lowest BCUT2D eigenvalue weighted by Crippen LogP contribution is -2.43. The van der Waals surface area contributed by atoms with Gasteiger partial charge in [-0.2, -0.15) is 0 Å². The number of hydrogen-bond donors (Lipinski definition) is 1. The van der Waals surface area contributed by atoms with Crippen LogP contribution in [0.1, 0.15) is 30.8 Å². The molecule has 100 valence electrons. The lowest BCUT2D eigenvalue weighted by Gasteiger charge is -2.25. The van der Waals surface area contributed by atoms with E-state index < -0.39 is 0 Å². The van der Waals surface area contributed by atoms with Gasteiger partial charge in [0.2, 0.25) is 0 Å². The summed E-state index contributed by atoms with van der Waals surface area (Å²) in [5, 5.41) is 4.90. The van der Waals surface area contributed by atoms with E-state index in [2.05, 4.69) is 26.2 Å². The first-order valence-corrected chi connectivity index (χ1v) is 7.38. The minimum Gasteiger partial charge on any atom is -0.346 e. The normalized spacial score (nSPS) is 11.5. The molecular formula is C15H17BrN2O. The Morgan fingerprint density at radius 3 is 2.74 bits per heavy atom. The van der Waals surface area contributed by atoms with Gasteiger partial charge in [-0.25, -0.2) is 4.98 Å². The third-order valence-electron chi connectivity index (χ3n) is 3.00. The summed E-state index contributed by atoms with van der Waals surface area (Å²) in [5.74, 6) is -0.128. The average molecular weight is 321 g/mol. The second-order valence-corrected chi connectivity index (χ2v) is 5.96. The van der Waals surface area contributed by atoms with Crippen molar-refractivity contribution in [3.63, 3.8) is 0 Å². The fourth-order valence-electron chi connectivity index (χ4n) is 1.86. The Hall–Kier alpha value is -1.42. The summed E-state index contributed by atoms with van der Waals surface area (Å²) in [6.07, 6.45) is 0.867. The molecule has 0 fully saturated rings. The highest BCUT2D eigenvalue weighted by Crippen LogP contribution is 2.14. The molecule has 1 heterocycles. The minimum absolute atomic E-state index is 0.128. The van der Waals surface area contributed by atoms with E-state index in [1.54, 1.807) is 6.07 Å². The maximum absolute atomic E-state index is 12.2. The smallest absolute Gasteiger partial charge is 0.270 e. The molecule has 1 aromatic carbocycles. The van der Waals surface area contributed by atoms with Gasteiger partial charge in [-0.3, -0.25) is 4.79 Å². The molecule has 0 saturated heterocycles. The first kappa shape index (κ1) is 14.0. The van der Waals surface area contributed by atoms with E-state index in [4.69, 9.17) is 0 Å². The van der Waals surface area contributed by atoms with Crippen LogP contribution in [0.3, 0.4) is 0 Å². The molecular weight excluding hydrogens is 304 g/mol. The predicted octanol–water partition coefficient (Wildman–Crippen LogP) is 3.53. The van der Waals surface area contributed by atoms with Crippen LogP contribution in [0.4, 0.5) is 0 Å². The van der Waals surface area contributed by atoms with Gasteiger partial charge < -0.3 is 5.32 Å². The maximum Gasteiger partial charge on any atom is 0.270 e. The van der Waals surface area contributed by atoms with Crippen LogP contribution in [0.15, 0.2) is 36.4 Å². The van der Waals surface area contributed by atoms with Gasteiger partial charge in [0.25, 0.3) is 5.91 Å². The van der Waals surface area contributed by atoms with Gasteiger partial charge in [0.05, 0.1) is 5.52 Å². The SMILES string of the molecule is CC(C)(CCBr)NC(=O)c1ccc2ccccc2n1. The molecule has 0 unspecified atom stereocenters. The zero-order valence-electron chi connectivity index (χ0n) is 11.1. The van der Waals surface area contributed by atoms with Gasteiger partial charge in [0.1, 0.15) is 5.69 Å². The number of para-hydroxylation sites is 1. The Morgan fingerprint density at radius 1 is 1.26 bits per heavy atom. The maximum atomic E-state index is 12.2. The second kappa shape index (κ2) is 5.70. The predicted molar refractivity (Wildman–Crippen MR) is 81.7 cm³/mol. The van der Waals surface area contributed by atoms with Gasteiger partial charge in [0, 0.05) is 16.3 Å². The first-order chi connectivity index (χ1) is 9.02. The van der Waals surface area contributed by atoms with Crippen LogP contribution < -0.4 is 5.32 Å². The molecule has 0 atom stereocenters. The number of halogens is 1. The fourth-order valence-corrected chi connectivity index (χ4v) is 2.85. The molecule has 1 N–H and O–H groups in total. The zero-order valence-corrected chi connectivity index (χ0v) is 12.7. The topological polar surface area (TPSA) is 42.0 Å². The number of fused-ring (bicyclic) bond motifs is 1. The molecule has 0 spiro atoms. The second-order valence-electron chi connectivity index (χ2n) is 5.17. The zero-order chi connectivity index (χ0) is 13.9. The molecule has 0 bridgehead atoms. The first-order valence-electron chi connectivity index (χ1n) is 6.26. The number of nitrogens with zero attached hydrogens (tertiary/aromatic N) is 1. The van der Waals surface area contributed by atoms with Crippen LogP contribution in [-0.2, 0) is 0 Å². The lowest BCUT2D eigenvalue weighted by atomic mass is 10.0. The molecule has 3 nitrogen and oxygen atoms in total. The van der Waals surface area contributed by atoms with E-state index >= 15 is 0 Å². The number of rotatable bonds is 4. The number of amides is 1. The Morgan fingerprint density at radius 2 is 2.00 bits per heavy atom. The number of nitrogens with one attached hydrogen (secondary N) is 1. The molecule has 0 aliphatic heterocycles. The van der Waals surface area contributed by atoms with Crippen LogP contribution >= 0.6 is 15.9 Å². The average Bonchev–Trinajstić information content (AvgIpc) is 2.37. The molecule has 0 radical (unpaired) electrons. The van der Waals surface area contributed by atoms with Crippen molar-refractivity contribution in [2.45, 2.75) is 25.8 Å². The molecule has 19 heavy (non-hydrogen) atoms. The molecule has 4 heteroatoms. The number of carbonyl (C=O) groups is 1. The Kier molecular flexibility index (Phi) is 4.20. The monoisotopic (exact) mass is 320 g/mol. The van der Waals surface area contributed by atoms with Crippen molar-refractivity contribution >= 4 is 32.7 Å². The van der Waals surface area contributed by atoms with Crippen molar-refractivity contribution in [3.05, 3.63) is 42.1 Å². The Labute approximate surface area is 121 Å². The summed E-state index contributed by atoms with van der Waals surface area (Å²) in [5.41, 5.74) is 1.06. The molecule has 0 aliphatic carbocycles. The van der Waals surface area contributed by atoms with Crippen molar-refractivity contribution in [2.75, 3.05) is 5.33 Å². The number of alkyl halides is 1. The van der Waals surface area contributed by atoms with Gasteiger partial charge in [-0.1, -0.05) is 40.2 Å². The van der Waals surface area contributed by atoms with E-state index in [-0.39, 0.29) is 11.4 Å². The summed E-state index contributed by atoms with van der Waals surface area (Å²) in [6, 6.07) is 11.5. The van der Waals surface area contributed by atoms with Crippen LogP contribution in [0.2, 0.25) is 0 Å².